The topological polar surface area (TPSA) is 90.4 Å². The first-order valence-corrected chi connectivity index (χ1v) is 15.4. The molecule has 2 saturated heterocycles. The highest BCUT2D eigenvalue weighted by Crippen LogP contribution is 2.55. The Morgan fingerprint density at radius 3 is 2.31 bits per heavy atom. The van der Waals surface area contributed by atoms with Gasteiger partial charge in [-0.15, -0.1) is 0 Å². The molecule has 42 heavy (non-hydrogen) atoms. The number of para-hydroxylation sites is 1. The van der Waals surface area contributed by atoms with Gasteiger partial charge in [0.25, 0.3) is 0 Å². The average Bonchev–Trinajstić information content (AvgIpc) is 3.23. The first kappa shape index (κ1) is 30.5. The van der Waals surface area contributed by atoms with E-state index < -0.39 is 41.2 Å². The summed E-state index contributed by atoms with van der Waals surface area (Å²) in [7, 11) is 0. The molecule has 8 nitrogen and oxygen atoms in total. The number of carbonyl (C=O) groups excluding carboxylic acids is 3. The van der Waals surface area contributed by atoms with Gasteiger partial charge >= 0.3 is 0 Å². The van der Waals surface area contributed by atoms with Crippen molar-refractivity contribution in [2.45, 2.75) is 90.6 Å². The fraction of sp³-hybridized carbons (Fsp3) is 0.618. The van der Waals surface area contributed by atoms with Crippen LogP contribution in [-0.2, 0) is 19.1 Å². The molecule has 0 saturated carbocycles. The summed E-state index contributed by atoms with van der Waals surface area (Å²) in [6, 6.07) is 7.88. The van der Waals surface area contributed by atoms with Crippen molar-refractivity contribution in [3.8, 4) is 0 Å². The largest absolute Gasteiger partial charge is 0.394 e. The average molecular weight is 578 g/mol. The van der Waals surface area contributed by atoms with Crippen molar-refractivity contribution >= 4 is 23.4 Å². The summed E-state index contributed by atoms with van der Waals surface area (Å²) in [4.78, 5) is 49.1. The van der Waals surface area contributed by atoms with Gasteiger partial charge in [0.2, 0.25) is 17.7 Å². The molecule has 0 aromatic heterocycles. The molecule has 4 aliphatic heterocycles. The quantitative estimate of drug-likeness (QED) is 0.491. The minimum atomic E-state index is -1.32. The first-order valence-electron chi connectivity index (χ1n) is 15.4. The van der Waals surface area contributed by atoms with Gasteiger partial charge < -0.3 is 24.5 Å². The van der Waals surface area contributed by atoms with Crippen LogP contribution >= 0.6 is 0 Å². The standard InChI is InChI=1S/C34H47N3O5/c1-8-22(2)24(20-38)37-28-31(41)36(33(6,7)21-32(3,4)5)19-13-17-34(28)27(30(37)40)26-25(42-34)16-12-18-35(29(26)39)23-14-10-9-11-15-23/h9-17,22,24-28,38H,8,18-21H2,1-7H3/t22-,24-,25-,26+,27-,28?,34-/m0/s1. The Hall–Kier alpha value is -2.97. The van der Waals surface area contributed by atoms with Crippen LogP contribution in [0, 0.1) is 23.2 Å². The maximum absolute atomic E-state index is 14.8. The van der Waals surface area contributed by atoms with E-state index in [4.69, 9.17) is 4.74 Å². The van der Waals surface area contributed by atoms with Gasteiger partial charge in [0, 0.05) is 24.3 Å². The van der Waals surface area contributed by atoms with Gasteiger partial charge in [0.05, 0.1) is 30.6 Å². The Labute approximate surface area is 250 Å². The molecular formula is C34H47N3O5. The Balaban J connectivity index is 1.64. The summed E-state index contributed by atoms with van der Waals surface area (Å²) in [5.41, 5.74) is -1.12. The predicted molar refractivity (Wildman–Crippen MR) is 162 cm³/mol. The zero-order chi connectivity index (χ0) is 30.6. The number of aliphatic hydroxyl groups excluding tert-OH is 1. The van der Waals surface area contributed by atoms with E-state index >= 15 is 0 Å². The third kappa shape index (κ3) is 4.90. The fourth-order valence-corrected chi connectivity index (χ4v) is 8.03. The van der Waals surface area contributed by atoms with Crippen LogP contribution in [0.25, 0.3) is 0 Å². The predicted octanol–water partition coefficient (Wildman–Crippen LogP) is 4.19. The van der Waals surface area contributed by atoms with Crippen LogP contribution in [0.2, 0.25) is 0 Å². The van der Waals surface area contributed by atoms with E-state index in [0.717, 1.165) is 18.5 Å². The lowest BCUT2D eigenvalue weighted by Crippen LogP contribution is -2.62. The highest BCUT2D eigenvalue weighted by Gasteiger charge is 2.73. The summed E-state index contributed by atoms with van der Waals surface area (Å²) in [5, 5.41) is 10.6. The normalized spacial score (nSPS) is 31.0. The van der Waals surface area contributed by atoms with Crippen molar-refractivity contribution in [2.24, 2.45) is 23.2 Å². The molecule has 8 heteroatoms. The third-order valence-electron chi connectivity index (χ3n) is 9.70. The first-order chi connectivity index (χ1) is 19.8. The Kier molecular flexibility index (Phi) is 7.94. The zero-order valence-corrected chi connectivity index (χ0v) is 26.1. The molecule has 2 fully saturated rings. The van der Waals surface area contributed by atoms with Crippen molar-refractivity contribution in [2.75, 3.05) is 24.6 Å². The summed E-state index contributed by atoms with van der Waals surface area (Å²) >= 11 is 0. The number of benzene rings is 1. The number of ether oxygens (including phenoxy) is 1. The maximum atomic E-state index is 14.8. The fourth-order valence-electron chi connectivity index (χ4n) is 8.03. The molecule has 1 aromatic carbocycles. The molecule has 1 unspecified atom stereocenters. The molecule has 1 spiro atoms. The molecule has 0 radical (unpaired) electrons. The lowest BCUT2D eigenvalue weighted by atomic mass is 9.77. The molecule has 1 N–H and O–H groups in total. The smallest absolute Gasteiger partial charge is 0.249 e. The summed E-state index contributed by atoms with van der Waals surface area (Å²) in [5.74, 6) is -2.43. The molecule has 7 atom stereocenters. The Morgan fingerprint density at radius 1 is 1.00 bits per heavy atom. The van der Waals surface area contributed by atoms with Crippen molar-refractivity contribution in [3.63, 3.8) is 0 Å². The van der Waals surface area contributed by atoms with Gasteiger partial charge in [-0.2, -0.15) is 0 Å². The summed E-state index contributed by atoms with van der Waals surface area (Å²) in [6.07, 6.45) is 8.46. The van der Waals surface area contributed by atoms with Crippen LogP contribution in [0.3, 0.4) is 0 Å². The number of hydrogen-bond donors (Lipinski definition) is 1. The van der Waals surface area contributed by atoms with Gasteiger partial charge in [0.15, 0.2) is 0 Å². The van der Waals surface area contributed by atoms with Gasteiger partial charge in [-0.3, -0.25) is 14.4 Å². The second-order valence-electron chi connectivity index (χ2n) is 14.3. The van der Waals surface area contributed by atoms with E-state index in [1.807, 2.05) is 73.4 Å². The number of rotatable bonds is 7. The molecule has 4 heterocycles. The number of likely N-dealkylation sites (tertiary alicyclic amines) is 1. The van der Waals surface area contributed by atoms with E-state index in [1.54, 1.807) is 9.80 Å². The van der Waals surface area contributed by atoms with Gasteiger partial charge in [-0.25, -0.2) is 0 Å². The number of aliphatic hydroxyl groups is 1. The SMILES string of the molecule is CC[C@H](C)[C@H](CO)N1C(=O)[C@@H]2[C@@H]3C(=O)N(c4ccccc4)CC=C[C@@H]3O[C@@]23C=CCN(C(C)(C)CC(C)(C)C)C(=O)C13. The van der Waals surface area contributed by atoms with Gasteiger partial charge in [-0.05, 0) is 43.7 Å². The zero-order valence-electron chi connectivity index (χ0n) is 26.1. The van der Waals surface area contributed by atoms with Crippen molar-refractivity contribution in [1.82, 2.24) is 9.80 Å². The number of anilines is 1. The van der Waals surface area contributed by atoms with Crippen LogP contribution in [0.5, 0.6) is 0 Å². The molecule has 4 aliphatic rings. The lowest BCUT2D eigenvalue weighted by Gasteiger charge is -2.46. The number of carbonyl (C=O) groups is 3. The highest BCUT2D eigenvalue weighted by molar-refractivity contribution is 6.04. The number of nitrogens with zero attached hydrogens (tertiary/aromatic N) is 3. The van der Waals surface area contributed by atoms with Gasteiger partial charge in [0.1, 0.15) is 11.6 Å². The van der Waals surface area contributed by atoms with E-state index in [2.05, 4.69) is 34.6 Å². The number of fused-ring (bicyclic) bond motifs is 2. The van der Waals surface area contributed by atoms with E-state index in [-0.39, 0.29) is 35.7 Å². The van der Waals surface area contributed by atoms with Crippen LogP contribution in [-0.4, -0.2) is 81.7 Å². The minimum Gasteiger partial charge on any atom is -0.394 e. The van der Waals surface area contributed by atoms with Crippen LogP contribution in [0.4, 0.5) is 5.69 Å². The van der Waals surface area contributed by atoms with E-state index in [9.17, 15) is 19.5 Å². The second kappa shape index (κ2) is 10.9. The van der Waals surface area contributed by atoms with Gasteiger partial charge in [-0.1, -0.05) is 83.5 Å². The Bertz CT molecular complexity index is 1270. The van der Waals surface area contributed by atoms with E-state index in [1.165, 1.54) is 0 Å². The molecule has 0 aliphatic carbocycles. The molecule has 0 bridgehead atoms. The molecular weight excluding hydrogens is 530 g/mol. The summed E-state index contributed by atoms with van der Waals surface area (Å²) in [6.45, 7) is 15.1. The summed E-state index contributed by atoms with van der Waals surface area (Å²) < 4.78 is 6.82. The van der Waals surface area contributed by atoms with Crippen molar-refractivity contribution in [1.29, 1.82) is 0 Å². The second-order valence-corrected chi connectivity index (χ2v) is 14.3. The molecule has 3 amide bonds. The van der Waals surface area contributed by atoms with Crippen LogP contribution < -0.4 is 4.90 Å². The monoisotopic (exact) mass is 577 g/mol. The van der Waals surface area contributed by atoms with Crippen molar-refractivity contribution in [3.05, 3.63) is 54.6 Å². The van der Waals surface area contributed by atoms with Crippen LogP contribution in [0.15, 0.2) is 54.6 Å². The molecule has 228 valence electrons. The van der Waals surface area contributed by atoms with Crippen LogP contribution in [0.1, 0.15) is 61.3 Å². The Morgan fingerprint density at radius 2 is 1.69 bits per heavy atom. The van der Waals surface area contributed by atoms with Crippen molar-refractivity contribution < 1.29 is 24.2 Å². The molecule has 1 aromatic rings. The highest BCUT2D eigenvalue weighted by atomic mass is 16.5. The molecule has 5 rings (SSSR count). The third-order valence-corrected chi connectivity index (χ3v) is 9.70. The number of hydrogen-bond acceptors (Lipinski definition) is 5. The van der Waals surface area contributed by atoms with E-state index in [0.29, 0.717) is 13.1 Å². The maximum Gasteiger partial charge on any atom is 0.249 e. The minimum absolute atomic E-state index is 0.0370. The lowest BCUT2D eigenvalue weighted by molar-refractivity contribution is -0.155. The number of amides is 3.